The van der Waals surface area contributed by atoms with Gasteiger partial charge in [0.1, 0.15) is 21.2 Å². The van der Waals surface area contributed by atoms with Crippen LogP contribution in [0.5, 0.6) is 0 Å². The lowest BCUT2D eigenvalue weighted by molar-refractivity contribution is -0.140. The fourth-order valence-corrected chi connectivity index (χ4v) is 7.41. The molecule has 2 heterocycles. The molecule has 0 radical (unpaired) electrons. The molecule has 2 N–H and O–H groups in total. The SMILES string of the molecule is Cc1cc(-c2ccc(S(=O)(=O)NC3(C(=O)O)C4CCCc5ccccc5C43)s2)no1. The summed E-state index contributed by atoms with van der Waals surface area (Å²) in [6, 6.07) is 12.6. The highest BCUT2D eigenvalue weighted by Gasteiger charge is 2.72. The Morgan fingerprint density at radius 2 is 2.10 bits per heavy atom. The zero-order chi connectivity index (χ0) is 21.1. The van der Waals surface area contributed by atoms with Crippen LogP contribution >= 0.6 is 11.3 Å². The molecule has 1 saturated carbocycles. The average molecular weight is 445 g/mol. The number of carbonyl (C=O) groups is 1. The number of rotatable bonds is 5. The van der Waals surface area contributed by atoms with Crippen LogP contribution in [-0.2, 0) is 21.2 Å². The highest BCUT2D eigenvalue weighted by molar-refractivity contribution is 7.91. The van der Waals surface area contributed by atoms with Crippen LogP contribution in [-0.4, -0.2) is 30.2 Å². The molecular formula is C21H20N2O5S2. The van der Waals surface area contributed by atoms with Crippen molar-refractivity contribution < 1.29 is 22.8 Å². The number of sulfonamides is 1. The van der Waals surface area contributed by atoms with Crippen LogP contribution in [0.3, 0.4) is 0 Å². The first-order valence-electron chi connectivity index (χ1n) is 9.71. The van der Waals surface area contributed by atoms with Gasteiger partial charge in [0.15, 0.2) is 0 Å². The third-order valence-corrected chi connectivity index (χ3v) is 9.19. The first kappa shape index (κ1) is 19.5. The molecule has 0 bridgehead atoms. The van der Waals surface area contributed by atoms with Crippen molar-refractivity contribution >= 4 is 27.3 Å². The molecule has 1 fully saturated rings. The minimum atomic E-state index is -4.02. The number of hydrogen-bond acceptors (Lipinski definition) is 6. The summed E-state index contributed by atoms with van der Waals surface area (Å²) in [6.45, 7) is 1.76. The van der Waals surface area contributed by atoms with Crippen molar-refractivity contribution in [2.45, 2.75) is 41.9 Å². The fraction of sp³-hybridized carbons (Fsp3) is 0.333. The number of aryl methyl sites for hydroxylation is 2. The maximum atomic E-state index is 13.2. The second-order valence-electron chi connectivity index (χ2n) is 7.90. The molecule has 2 aliphatic carbocycles. The number of carboxylic acids is 1. The molecule has 0 aliphatic heterocycles. The molecule has 0 amide bonds. The minimum absolute atomic E-state index is 0.0634. The average Bonchev–Trinajstić information content (AvgIpc) is 3.00. The van der Waals surface area contributed by atoms with Crippen LogP contribution in [0, 0.1) is 12.8 Å². The summed E-state index contributed by atoms with van der Waals surface area (Å²) in [7, 11) is -4.02. The molecular weight excluding hydrogens is 424 g/mol. The molecule has 3 atom stereocenters. The molecule has 3 unspecified atom stereocenters. The van der Waals surface area contributed by atoms with E-state index < -0.39 is 21.5 Å². The van der Waals surface area contributed by atoms with Crippen LogP contribution in [0.4, 0.5) is 0 Å². The van der Waals surface area contributed by atoms with E-state index in [4.69, 9.17) is 4.52 Å². The lowest BCUT2D eigenvalue weighted by atomic mass is 9.97. The second-order valence-corrected chi connectivity index (χ2v) is 10.9. The Labute approximate surface area is 177 Å². The molecule has 2 aromatic heterocycles. The van der Waals surface area contributed by atoms with Crippen molar-refractivity contribution in [3.8, 4) is 10.6 Å². The Morgan fingerprint density at radius 3 is 2.83 bits per heavy atom. The van der Waals surface area contributed by atoms with Crippen LogP contribution < -0.4 is 4.72 Å². The second kappa shape index (κ2) is 6.76. The quantitative estimate of drug-likeness (QED) is 0.623. The third-order valence-electron chi connectivity index (χ3n) is 6.10. The zero-order valence-electron chi connectivity index (χ0n) is 16.2. The topological polar surface area (TPSA) is 110 Å². The molecule has 156 valence electrons. The highest BCUT2D eigenvalue weighted by Crippen LogP contribution is 2.62. The van der Waals surface area contributed by atoms with Crippen LogP contribution in [0.25, 0.3) is 10.6 Å². The number of carboxylic acid groups (broad SMARTS) is 1. The van der Waals surface area contributed by atoms with E-state index in [1.807, 2.05) is 24.3 Å². The van der Waals surface area contributed by atoms with Gasteiger partial charge < -0.3 is 9.63 Å². The Kier molecular flexibility index (Phi) is 4.39. The summed E-state index contributed by atoms with van der Waals surface area (Å²) in [6.07, 6.45) is 2.39. The summed E-state index contributed by atoms with van der Waals surface area (Å²) in [5, 5.41) is 14.0. The summed E-state index contributed by atoms with van der Waals surface area (Å²) >= 11 is 1.04. The summed E-state index contributed by atoms with van der Waals surface area (Å²) in [5.74, 6) is -1.11. The van der Waals surface area contributed by atoms with E-state index in [9.17, 15) is 18.3 Å². The van der Waals surface area contributed by atoms with Gasteiger partial charge in [0.05, 0.1) is 4.88 Å². The molecule has 2 aliphatic rings. The van der Waals surface area contributed by atoms with Gasteiger partial charge in [-0.1, -0.05) is 29.4 Å². The van der Waals surface area contributed by atoms with E-state index in [2.05, 4.69) is 9.88 Å². The monoisotopic (exact) mass is 444 g/mol. The van der Waals surface area contributed by atoms with E-state index in [0.717, 1.165) is 35.3 Å². The van der Waals surface area contributed by atoms with E-state index in [1.165, 1.54) is 6.07 Å². The Bertz CT molecular complexity index is 1250. The van der Waals surface area contributed by atoms with E-state index >= 15 is 0 Å². The molecule has 30 heavy (non-hydrogen) atoms. The number of aromatic nitrogens is 1. The van der Waals surface area contributed by atoms with E-state index in [1.54, 1.807) is 19.1 Å². The number of hydrogen-bond donors (Lipinski definition) is 2. The van der Waals surface area contributed by atoms with Crippen molar-refractivity contribution in [1.82, 2.24) is 9.88 Å². The lowest BCUT2D eigenvalue weighted by Gasteiger charge is -2.18. The number of aliphatic carboxylic acids is 1. The number of nitrogens with zero attached hydrogens (tertiary/aromatic N) is 1. The number of thiophene rings is 1. The van der Waals surface area contributed by atoms with Gasteiger partial charge in [0.2, 0.25) is 0 Å². The predicted molar refractivity (Wildman–Crippen MR) is 111 cm³/mol. The molecule has 0 saturated heterocycles. The maximum absolute atomic E-state index is 13.2. The molecule has 7 nitrogen and oxygen atoms in total. The summed E-state index contributed by atoms with van der Waals surface area (Å²) in [4.78, 5) is 13.0. The first-order chi connectivity index (χ1) is 14.3. The standard InChI is InChI=1S/C21H20N2O5S2/c1-12-11-16(22-28-12)17-9-10-18(29-17)30(26,27)23-21(20(24)25)15-8-4-6-13-5-2-3-7-14(13)19(15)21/h2-3,5,7,9-11,15,19,23H,4,6,8H2,1H3,(H,24,25). The molecule has 1 aromatic carbocycles. The van der Waals surface area contributed by atoms with E-state index in [-0.39, 0.29) is 16.0 Å². The first-order valence-corrected chi connectivity index (χ1v) is 12.0. The minimum Gasteiger partial charge on any atom is -0.480 e. The Morgan fingerprint density at radius 1 is 1.30 bits per heavy atom. The van der Waals surface area contributed by atoms with Crippen LogP contribution in [0.2, 0.25) is 0 Å². The number of nitrogens with one attached hydrogen (secondary N) is 1. The predicted octanol–water partition coefficient (Wildman–Crippen LogP) is 3.56. The number of fused-ring (bicyclic) bond motifs is 3. The maximum Gasteiger partial charge on any atom is 0.325 e. The Balaban J connectivity index is 1.50. The molecule has 5 rings (SSSR count). The summed E-state index contributed by atoms with van der Waals surface area (Å²) in [5.41, 5.74) is 1.09. The van der Waals surface area contributed by atoms with Gasteiger partial charge >= 0.3 is 5.97 Å². The van der Waals surface area contributed by atoms with Gasteiger partial charge in [-0.25, -0.2) is 8.42 Å². The van der Waals surface area contributed by atoms with Crippen molar-refractivity contribution in [1.29, 1.82) is 0 Å². The van der Waals surface area contributed by atoms with E-state index in [0.29, 0.717) is 22.8 Å². The zero-order valence-corrected chi connectivity index (χ0v) is 17.8. The molecule has 3 aromatic rings. The Hall–Kier alpha value is -2.49. The van der Waals surface area contributed by atoms with Gasteiger partial charge in [-0.2, -0.15) is 4.72 Å². The van der Waals surface area contributed by atoms with Gasteiger partial charge in [-0.05, 0) is 55.4 Å². The van der Waals surface area contributed by atoms with Crippen molar-refractivity contribution in [3.05, 3.63) is 59.4 Å². The van der Waals surface area contributed by atoms with Crippen molar-refractivity contribution in [2.24, 2.45) is 5.92 Å². The van der Waals surface area contributed by atoms with Crippen LogP contribution in [0.15, 0.2) is 51.2 Å². The largest absolute Gasteiger partial charge is 0.480 e. The molecule has 9 heteroatoms. The fourth-order valence-electron chi connectivity index (χ4n) is 4.73. The van der Waals surface area contributed by atoms with Gasteiger partial charge in [0, 0.05) is 12.0 Å². The normalized spacial score (nSPS) is 25.2. The van der Waals surface area contributed by atoms with Crippen LogP contribution in [0.1, 0.15) is 35.6 Å². The smallest absolute Gasteiger partial charge is 0.325 e. The lowest BCUT2D eigenvalue weighted by Crippen LogP contribution is -2.46. The highest BCUT2D eigenvalue weighted by atomic mass is 32.2. The third kappa shape index (κ3) is 2.91. The summed E-state index contributed by atoms with van der Waals surface area (Å²) < 4.78 is 34.1. The van der Waals surface area contributed by atoms with Gasteiger partial charge in [0.25, 0.3) is 10.0 Å². The van der Waals surface area contributed by atoms with Crippen molar-refractivity contribution in [2.75, 3.05) is 0 Å². The molecule has 0 spiro atoms. The van der Waals surface area contributed by atoms with Crippen molar-refractivity contribution in [3.63, 3.8) is 0 Å². The number of benzene rings is 1. The van der Waals surface area contributed by atoms with Gasteiger partial charge in [-0.15, -0.1) is 11.3 Å². The van der Waals surface area contributed by atoms with Gasteiger partial charge in [-0.3, -0.25) is 4.79 Å².